The van der Waals surface area contributed by atoms with Gasteiger partial charge in [0.25, 0.3) is 5.88 Å². The van der Waals surface area contributed by atoms with Crippen molar-refractivity contribution in [2.24, 2.45) is 7.05 Å². The van der Waals surface area contributed by atoms with Crippen molar-refractivity contribution in [3.63, 3.8) is 0 Å². The maximum atomic E-state index is 5.71. The van der Waals surface area contributed by atoms with E-state index in [4.69, 9.17) is 4.74 Å². The number of pyridine rings is 1. The first-order valence-electron chi connectivity index (χ1n) is 6.33. The Labute approximate surface area is 117 Å². The van der Waals surface area contributed by atoms with Crippen LogP contribution < -0.4 is 9.30 Å². The van der Waals surface area contributed by atoms with Crippen LogP contribution in [0.4, 0.5) is 0 Å². The van der Waals surface area contributed by atoms with Gasteiger partial charge in [-0.15, -0.1) is 4.37 Å². The molecule has 2 aromatic rings. The van der Waals surface area contributed by atoms with Crippen LogP contribution in [0.25, 0.3) is 11.3 Å². The number of rotatable bonds is 6. The van der Waals surface area contributed by atoms with Crippen molar-refractivity contribution in [3.05, 3.63) is 36.7 Å². The van der Waals surface area contributed by atoms with Crippen LogP contribution in [0.5, 0.6) is 5.88 Å². The van der Waals surface area contributed by atoms with E-state index in [-0.39, 0.29) is 0 Å². The van der Waals surface area contributed by atoms with Crippen LogP contribution in [-0.2, 0) is 7.05 Å². The summed E-state index contributed by atoms with van der Waals surface area (Å²) < 4.78 is 16.2. The number of nitrogens with zero attached hydrogens (tertiary/aromatic N) is 3. The van der Waals surface area contributed by atoms with Crippen LogP contribution in [0.3, 0.4) is 0 Å². The quantitative estimate of drug-likeness (QED) is 0.462. The number of aromatic nitrogens is 3. The average Bonchev–Trinajstić information content (AvgIpc) is 2.87. The minimum absolute atomic E-state index is 0.636. The number of unbranched alkanes of at least 4 members (excludes halogenated alkanes) is 1. The van der Waals surface area contributed by atoms with Gasteiger partial charge in [0.1, 0.15) is 7.05 Å². The van der Waals surface area contributed by atoms with E-state index in [2.05, 4.69) is 20.9 Å². The average molecular weight is 276 g/mol. The van der Waals surface area contributed by atoms with E-state index in [9.17, 15) is 0 Å². The standard InChI is InChI=1S/C14H18N3OS/c1-3-4-5-6-10-18-14-13(15-19-16-14)12-8-7-9-17(2)11-12/h3-4,7-9,11H,5-6,10H2,1-2H3/q+1/b4-3+. The van der Waals surface area contributed by atoms with Gasteiger partial charge < -0.3 is 4.74 Å². The molecule has 0 aromatic carbocycles. The lowest BCUT2D eigenvalue weighted by Crippen LogP contribution is -2.26. The molecule has 100 valence electrons. The van der Waals surface area contributed by atoms with Crippen molar-refractivity contribution in [2.75, 3.05) is 6.61 Å². The molecule has 0 radical (unpaired) electrons. The largest absolute Gasteiger partial charge is 0.475 e. The lowest BCUT2D eigenvalue weighted by molar-refractivity contribution is -0.671. The van der Waals surface area contributed by atoms with Gasteiger partial charge in [-0.1, -0.05) is 12.2 Å². The van der Waals surface area contributed by atoms with Crippen LogP contribution in [0, 0.1) is 0 Å². The molecule has 0 N–H and O–H groups in total. The van der Waals surface area contributed by atoms with Gasteiger partial charge in [0.15, 0.2) is 18.1 Å². The number of hydrogen-bond acceptors (Lipinski definition) is 4. The number of aryl methyl sites for hydroxylation is 1. The minimum Gasteiger partial charge on any atom is -0.475 e. The van der Waals surface area contributed by atoms with Gasteiger partial charge in [-0.05, 0) is 25.8 Å². The fourth-order valence-electron chi connectivity index (χ4n) is 1.72. The van der Waals surface area contributed by atoms with Gasteiger partial charge in [0.2, 0.25) is 0 Å². The van der Waals surface area contributed by atoms with Crippen molar-refractivity contribution < 1.29 is 9.30 Å². The zero-order valence-electron chi connectivity index (χ0n) is 11.2. The predicted molar refractivity (Wildman–Crippen MR) is 76.1 cm³/mol. The summed E-state index contributed by atoms with van der Waals surface area (Å²) in [6.45, 7) is 2.69. The van der Waals surface area contributed by atoms with Gasteiger partial charge in [-0.3, -0.25) is 0 Å². The first-order valence-corrected chi connectivity index (χ1v) is 7.06. The fourth-order valence-corrected chi connectivity index (χ4v) is 2.24. The molecule has 2 heterocycles. The van der Waals surface area contributed by atoms with Gasteiger partial charge in [-0.2, -0.15) is 4.37 Å². The highest BCUT2D eigenvalue weighted by Gasteiger charge is 2.13. The Balaban J connectivity index is 2.01. The van der Waals surface area contributed by atoms with Crippen LogP contribution in [0.1, 0.15) is 19.8 Å². The molecule has 0 spiro atoms. The van der Waals surface area contributed by atoms with E-state index < -0.39 is 0 Å². The summed E-state index contributed by atoms with van der Waals surface area (Å²) in [5.74, 6) is 0.636. The maximum Gasteiger partial charge on any atom is 0.254 e. The molecule has 0 aliphatic rings. The van der Waals surface area contributed by atoms with E-state index in [1.807, 2.05) is 43.1 Å². The Hall–Kier alpha value is -1.75. The summed E-state index contributed by atoms with van der Waals surface area (Å²) in [7, 11) is 1.99. The van der Waals surface area contributed by atoms with Gasteiger partial charge in [0, 0.05) is 6.07 Å². The Morgan fingerprint density at radius 3 is 3.11 bits per heavy atom. The molecule has 0 aliphatic carbocycles. The zero-order valence-corrected chi connectivity index (χ0v) is 12.1. The first kappa shape index (κ1) is 13.7. The van der Waals surface area contributed by atoms with E-state index in [1.165, 1.54) is 11.7 Å². The van der Waals surface area contributed by atoms with Gasteiger partial charge >= 0.3 is 0 Å². The highest BCUT2D eigenvalue weighted by Crippen LogP contribution is 2.26. The van der Waals surface area contributed by atoms with Crippen molar-refractivity contribution in [1.29, 1.82) is 0 Å². The van der Waals surface area contributed by atoms with E-state index in [0.717, 1.165) is 24.1 Å². The Kier molecular flexibility index (Phi) is 5.03. The first-order chi connectivity index (χ1) is 9.31. The minimum atomic E-state index is 0.636. The monoisotopic (exact) mass is 276 g/mol. The Morgan fingerprint density at radius 2 is 2.32 bits per heavy atom. The van der Waals surface area contributed by atoms with E-state index in [1.54, 1.807) is 0 Å². The number of ether oxygens (including phenoxy) is 1. The summed E-state index contributed by atoms with van der Waals surface area (Å²) >= 11 is 1.19. The second-order valence-electron chi connectivity index (χ2n) is 4.24. The summed E-state index contributed by atoms with van der Waals surface area (Å²) in [4.78, 5) is 0. The molecular weight excluding hydrogens is 258 g/mol. The van der Waals surface area contributed by atoms with Gasteiger partial charge in [-0.25, -0.2) is 4.57 Å². The summed E-state index contributed by atoms with van der Waals surface area (Å²) in [6, 6.07) is 4.01. The SMILES string of the molecule is C/C=C/CCCOc1nsnc1-c1ccc[n+](C)c1. The third kappa shape index (κ3) is 3.86. The fraction of sp³-hybridized carbons (Fsp3) is 0.357. The number of allylic oxidation sites excluding steroid dienone is 2. The molecular formula is C14H18N3OS+. The van der Waals surface area contributed by atoms with Crippen LogP contribution >= 0.6 is 11.7 Å². The molecule has 2 aromatic heterocycles. The molecule has 0 saturated heterocycles. The second-order valence-corrected chi connectivity index (χ2v) is 4.76. The molecule has 0 amide bonds. The van der Waals surface area contributed by atoms with Crippen LogP contribution in [0.15, 0.2) is 36.7 Å². The number of hydrogen-bond donors (Lipinski definition) is 0. The Bertz CT molecular complexity index is 551. The molecule has 5 heteroatoms. The topological polar surface area (TPSA) is 38.9 Å². The van der Waals surface area contributed by atoms with E-state index in [0.29, 0.717) is 12.5 Å². The zero-order chi connectivity index (χ0) is 13.5. The molecule has 19 heavy (non-hydrogen) atoms. The normalized spacial score (nSPS) is 11.1. The smallest absolute Gasteiger partial charge is 0.254 e. The van der Waals surface area contributed by atoms with Crippen molar-refractivity contribution in [1.82, 2.24) is 8.75 Å². The second kappa shape index (κ2) is 6.99. The molecule has 0 fully saturated rings. The highest BCUT2D eigenvalue weighted by molar-refractivity contribution is 6.99. The molecule has 0 unspecified atom stereocenters. The molecule has 0 atom stereocenters. The van der Waals surface area contributed by atoms with Crippen molar-refractivity contribution >= 4 is 11.7 Å². The maximum absolute atomic E-state index is 5.71. The summed E-state index contributed by atoms with van der Waals surface area (Å²) in [5, 5.41) is 0. The molecule has 0 aliphatic heterocycles. The third-order valence-electron chi connectivity index (χ3n) is 2.66. The Morgan fingerprint density at radius 1 is 1.42 bits per heavy atom. The molecule has 4 nitrogen and oxygen atoms in total. The predicted octanol–water partition coefficient (Wildman–Crippen LogP) is 2.76. The third-order valence-corrected chi connectivity index (χ3v) is 3.17. The molecule has 0 saturated carbocycles. The molecule has 2 rings (SSSR count). The van der Waals surface area contributed by atoms with Crippen molar-refractivity contribution in [3.8, 4) is 17.1 Å². The highest BCUT2D eigenvalue weighted by atomic mass is 32.1. The summed E-state index contributed by atoms with van der Waals surface area (Å²) in [6.07, 6.45) is 10.2. The van der Waals surface area contributed by atoms with Gasteiger partial charge in [0.05, 0.1) is 23.9 Å². The molecule has 0 bridgehead atoms. The van der Waals surface area contributed by atoms with Crippen LogP contribution in [0.2, 0.25) is 0 Å². The van der Waals surface area contributed by atoms with Crippen molar-refractivity contribution in [2.45, 2.75) is 19.8 Å². The van der Waals surface area contributed by atoms with Crippen LogP contribution in [-0.4, -0.2) is 15.4 Å². The lowest BCUT2D eigenvalue weighted by atomic mass is 10.2. The lowest BCUT2D eigenvalue weighted by Gasteiger charge is -2.03. The van der Waals surface area contributed by atoms with E-state index >= 15 is 0 Å². The summed E-state index contributed by atoms with van der Waals surface area (Å²) in [5.41, 5.74) is 1.86.